The second-order valence-electron chi connectivity index (χ2n) is 2.85. The van der Waals surface area contributed by atoms with Crippen LogP contribution in [0.25, 0.3) is 0 Å². The van der Waals surface area contributed by atoms with Crippen molar-refractivity contribution in [3.63, 3.8) is 0 Å². The summed E-state index contributed by atoms with van der Waals surface area (Å²) in [5.74, 6) is 0. The molecule has 5 heteroatoms. The summed E-state index contributed by atoms with van der Waals surface area (Å²) in [6.45, 7) is 3.32. The quantitative estimate of drug-likeness (QED) is 0.730. The molecule has 0 saturated carbocycles. The van der Waals surface area contributed by atoms with Crippen molar-refractivity contribution in [2.24, 2.45) is 0 Å². The molecule has 13 heavy (non-hydrogen) atoms. The largest absolute Gasteiger partial charge is 0.438 e. The number of nitrogens with zero attached hydrogens (tertiary/aromatic N) is 2. The number of carbonyl (C=O) groups excluding carboxylic acids is 1. The molecule has 2 heterocycles. The molecule has 70 valence electrons. The average molecular weight is 181 g/mol. The Hall–Kier alpha value is -1.52. The van der Waals surface area contributed by atoms with Gasteiger partial charge in [0.2, 0.25) is 0 Å². The number of ether oxygens (including phenoxy) is 1. The molecule has 1 unspecified atom stereocenters. The molecular weight excluding hydrogens is 170 g/mol. The second-order valence-corrected chi connectivity index (χ2v) is 2.85. The van der Waals surface area contributed by atoms with E-state index in [4.69, 9.17) is 4.74 Å². The summed E-state index contributed by atoms with van der Waals surface area (Å²) in [7, 11) is 0. The van der Waals surface area contributed by atoms with Crippen molar-refractivity contribution >= 4 is 6.09 Å². The van der Waals surface area contributed by atoms with Gasteiger partial charge in [0, 0.05) is 12.7 Å². The monoisotopic (exact) mass is 181 g/mol. The fourth-order valence-electron chi connectivity index (χ4n) is 1.43. The first kappa shape index (κ1) is 8.10. The number of carbonyl (C=O) groups is 1. The summed E-state index contributed by atoms with van der Waals surface area (Å²) in [6.07, 6.45) is 1.18. The SMILES string of the molecule is CCn1nccc1C1CNC(=O)O1. The van der Waals surface area contributed by atoms with Gasteiger partial charge < -0.3 is 10.1 Å². The third-order valence-electron chi connectivity index (χ3n) is 2.06. The zero-order valence-corrected chi connectivity index (χ0v) is 7.36. The number of amides is 1. The van der Waals surface area contributed by atoms with Crippen LogP contribution in [0.4, 0.5) is 4.79 Å². The maximum atomic E-state index is 10.8. The minimum absolute atomic E-state index is 0.185. The van der Waals surface area contributed by atoms with E-state index in [1.165, 1.54) is 0 Å². The van der Waals surface area contributed by atoms with E-state index in [-0.39, 0.29) is 12.2 Å². The van der Waals surface area contributed by atoms with Gasteiger partial charge >= 0.3 is 6.09 Å². The molecule has 1 aromatic heterocycles. The van der Waals surface area contributed by atoms with Crippen molar-refractivity contribution in [3.8, 4) is 0 Å². The zero-order chi connectivity index (χ0) is 9.26. The van der Waals surface area contributed by atoms with Gasteiger partial charge in [0.1, 0.15) is 0 Å². The fourth-order valence-corrected chi connectivity index (χ4v) is 1.43. The van der Waals surface area contributed by atoms with Crippen LogP contribution >= 0.6 is 0 Å². The summed E-state index contributed by atoms with van der Waals surface area (Å²) in [4.78, 5) is 10.8. The van der Waals surface area contributed by atoms with Gasteiger partial charge in [-0.05, 0) is 13.0 Å². The van der Waals surface area contributed by atoms with Crippen molar-refractivity contribution in [2.75, 3.05) is 6.54 Å². The third-order valence-corrected chi connectivity index (χ3v) is 2.06. The minimum atomic E-state index is -0.353. The molecule has 1 atom stereocenters. The topological polar surface area (TPSA) is 56.2 Å². The van der Waals surface area contributed by atoms with Gasteiger partial charge in [-0.25, -0.2) is 4.79 Å². The fraction of sp³-hybridized carbons (Fsp3) is 0.500. The molecule has 2 rings (SSSR count). The van der Waals surface area contributed by atoms with E-state index < -0.39 is 0 Å². The first-order chi connectivity index (χ1) is 6.31. The Morgan fingerprint density at radius 3 is 3.31 bits per heavy atom. The predicted octanol–water partition coefficient (Wildman–Crippen LogP) is 0.684. The highest BCUT2D eigenvalue weighted by atomic mass is 16.6. The molecule has 0 bridgehead atoms. The van der Waals surface area contributed by atoms with Gasteiger partial charge in [0.15, 0.2) is 6.10 Å². The van der Waals surface area contributed by atoms with Crippen LogP contribution in [0.5, 0.6) is 0 Å². The summed E-state index contributed by atoms with van der Waals surface area (Å²) in [5.41, 5.74) is 0.945. The Morgan fingerprint density at radius 2 is 2.69 bits per heavy atom. The lowest BCUT2D eigenvalue weighted by Gasteiger charge is -2.08. The standard InChI is InChI=1S/C8H11N3O2/c1-2-11-6(3-4-10-11)7-5-9-8(12)13-7/h3-4,7H,2,5H2,1H3,(H,9,12). The molecular formula is C8H11N3O2. The molecule has 1 saturated heterocycles. The molecule has 0 aromatic carbocycles. The molecule has 1 amide bonds. The van der Waals surface area contributed by atoms with Crippen LogP contribution < -0.4 is 5.32 Å². The summed E-state index contributed by atoms with van der Waals surface area (Å²) < 4.78 is 6.86. The number of hydrogen-bond acceptors (Lipinski definition) is 3. The molecule has 1 N–H and O–H groups in total. The smallest absolute Gasteiger partial charge is 0.408 e. The van der Waals surface area contributed by atoms with Crippen molar-refractivity contribution in [3.05, 3.63) is 18.0 Å². The maximum absolute atomic E-state index is 10.8. The maximum Gasteiger partial charge on any atom is 0.408 e. The number of hydrogen-bond donors (Lipinski definition) is 1. The molecule has 1 aliphatic rings. The molecule has 0 radical (unpaired) electrons. The zero-order valence-electron chi connectivity index (χ0n) is 7.36. The lowest BCUT2D eigenvalue weighted by atomic mass is 10.2. The van der Waals surface area contributed by atoms with Crippen LogP contribution in [0.1, 0.15) is 18.7 Å². The first-order valence-electron chi connectivity index (χ1n) is 4.27. The summed E-state index contributed by atoms with van der Waals surface area (Å²) >= 11 is 0. The van der Waals surface area contributed by atoms with E-state index in [1.807, 2.05) is 17.7 Å². The van der Waals surface area contributed by atoms with E-state index >= 15 is 0 Å². The summed E-state index contributed by atoms with van der Waals surface area (Å²) in [6, 6.07) is 1.87. The lowest BCUT2D eigenvalue weighted by molar-refractivity contribution is 0.136. The van der Waals surface area contributed by atoms with Crippen LogP contribution in [0.2, 0.25) is 0 Å². The number of nitrogens with one attached hydrogen (secondary N) is 1. The lowest BCUT2D eigenvalue weighted by Crippen LogP contribution is -2.13. The van der Waals surface area contributed by atoms with Crippen molar-refractivity contribution in [1.82, 2.24) is 15.1 Å². The van der Waals surface area contributed by atoms with Gasteiger partial charge in [0.25, 0.3) is 0 Å². The molecule has 1 aromatic rings. The van der Waals surface area contributed by atoms with Gasteiger partial charge in [-0.3, -0.25) is 4.68 Å². The average Bonchev–Trinajstić information content (AvgIpc) is 2.71. The van der Waals surface area contributed by atoms with Gasteiger partial charge in [-0.15, -0.1) is 0 Å². The highest BCUT2D eigenvalue weighted by Crippen LogP contribution is 2.19. The number of aromatic nitrogens is 2. The van der Waals surface area contributed by atoms with Crippen LogP contribution in [0.3, 0.4) is 0 Å². The van der Waals surface area contributed by atoms with Gasteiger partial charge in [-0.1, -0.05) is 0 Å². The van der Waals surface area contributed by atoms with Gasteiger partial charge in [-0.2, -0.15) is 5.10 Å². The molecule has 5 nitrogen and oxygen atoms in total. The van der Waals surface area contributed by atoms with Crippen molar-refractivity contribution in [1.29, 1.82) is 0 Å². The third kappa shape index (κ3) is 1.37. The molecule has 1 aliphatic heterocycles. The Labute approximate surface area is 75.7 Å². The Kier molecular flexibility index (Phi) is 1.92. The number of cyclic esters (lactones) is 1. The number of aryl methyl sites for hydroxylation is 1. The van der Waals surface area contributed by atoms with E-state index in [0.29, 0.717) is 6.54 Å². The van der Waals surface area contributed by atoms with Crippen LogP contribution in [-0.4, -0.2) is 22.4 Å². The van der Waals surface area contributed by atoms with E-state index in [1.54, 1.807) is 6.20 Å². The Morgan fingerprint density at radius 1 is 1.85 bits per heavy atom. The second kappa shape index (κ2) is 3.08. The van der Waals surface area contributed by atoms with Gasteiger partial charge in [0.05, 0.1) is 12.2 Å². The van der Waals surface area contributed by atoms with E-state index in [2.05, 4.69) is 10.4 Å². The molecule has 0 spiro atoms. The van der Waals surface area contributed by atoms with E-state index in [0.717, 1.165) is 12.2 Å². The predicted molar refractivity (Wildman–Crippen MR) is 45.1 cm³/mol. The normalized spacial score (nSPS) is 21.3. The van der Waals surface area contributed by atoms with Crippen LogP contribution in [-0.2, 0) is 11.3 Å². The molecule has 0 aliphatic carbocycles. The highest BCUT2D eigenvalue weighted by Gasteiger charge is 2.26. The highest BCUT2D eigenvalue weighted by molar-refractivity contribution is 5.69. The van der Waals surface area contributed by atoms with Crippen LogP contribution in [0, 0.1) is 0 Å². The van der Waals surface area contributed by atoms with E-state index in [9.17, 15) is 4.79 Å². The first-order valence-corrected chi connectivity index (χ1v) is 4.27. The van der Waals surface area contributed by atoms with Crippen molar-refractivity contribution in [2.45, 2.75) is 19.6 Å². The molecule has 1 fully saturated rings. The van der Waals surface area contributed by atoms with Crippen molar-refractivity contribution < 1.29 is 9.53 Å². The minimum Gasteiger partial charge on any atom is -0.438 e. The number of alkyl carbamates (subject to hydrolysis) is 1. The Bertz CT molecular complexity index is 321. The van der Waals surface area contributed by atoms with Crippen LogP contribution in [0.15, 0.2) is 12.3 Å². The Balaban J connectivity index is 2.20. The summed E-state index contributed by atoms with van der Waals surface area (Å²) in [5, 5.41) is 6.71. The number of rotatable bonds is 2.